The van der Waals surface area contributed by atoms with Gasteiger partial charge in [-0.1, -0.05) is 36.4 Å². The van der Waals surface area contributed by atoms with Crippen molar-refractivity contribution in [3.63, 3.8) is 0 Å². The van der Waals surface area contributed by atoms with E-state index in [1.165, 1.54) is 5.56 Å². The van der Waals surface area contributed by atoms with Crippen LogP contribution in [0.4, 0.5) is 0 Å². The fraction of sp³-hybridized carbons (Fsp3) is 0.276. The Labute approximate surface area is 209 Å². The standard InChI is InChI=1S/C29H30N4O3/c1-5-36-26(34)16-25(21-10-7-6-8-11-21)33-28-24(12-9-13-30-28)32(29(33)35)20(4)22-17-31-23-15-18(2)14-19(3)27(22)23/h6-15,17,20,25,31H,5,16H2,1-4H3/t20?,25-/m1/s1. The summed E-state index contributed by atoms with van der Waals surface area (Å²) in [5.41, 5.74) is 6.33. The van der Waals surface area contributed by atoms with Gasteiger partial charge in [0, 0.05) is 28.9 Å². The summed E-state index contributed by atoms with van der Waals surface area (Å²) < 4.78 is 8.69. The maximum Gasteiger partial charge on any atom is 0.331 e. The van der Waals surface area contributed by atoms with E-state index in [1.807, 2.05) is 55.6 Å². The minimum atomic E-state index is -0.545. The van der Waals surface area contributed by atoms with Crippen LogP contribution < -0.4 is 5.69 Å². The highest BCUT2D eigenvalue weighted by atomic mass is 16.5. The van der Waals surface area contributed by atoms with Gasteiger partial charge in [-0.15, -0.1) is 0 Å². The number of H-pyrrole nitrogens is 1. The van der Waals surface area contributed by atoms with Crippen LogP contribution in [-0.4, -0.2) is 31.7 Å². The zero-order valence-corrected chi connectivity index (χ0v) is 21.0. The minimum absolute atomic E-state index is 0.0350. The molecule has 0 aliphatic heterocycles. The molecule has 184 valence electrons. The van der Waals surface area contributed by atoms with Crippen LogP contribution in [0.2, 0.25) is 0 Å². The zero-order valence-electron chi connectivity index (χ0n) is 21.0. The molecule has 5 aromatic rings. The first-order valence-electron chi connectivity index (χ1n) is 12.3. The van der Waals surface area contributed by atoms with Crippen molar-refractivity contribution in [2.75, 3.05) is 6.61 Å². The lowest BCUT2D eigenvalue weighted by molar-refractivity contribution is -0.143. The Morgan fingerprint density at radius 1 is 1.08 bits per heavy atom. The number of rotatable bonds is 7. The van der Waals surface area contributed by atoms with Crippen LogP contribution in [0, 0.1) is 13.8 Å². The van der Waals surface area contributed by atoms with Gasteiger partial charge < -0.3 is 9.72 Å². The molecule has 3 heterocycles. The first-order chi connectivity index (χ1) is 17.4. The van der Waals surface area contributed by atoms with Crippen molar-refractivity contribution in [3.8, 4) is 0 Å². The largest absolute Gasteiger partial charge is 0.466 e. The molecule has 7 heteroatoms. The first kappa shape index (κ1) is 23.6. The molecule has 0 fully saturated rings. The zero-order chi connectivity index (χ0) is 25.4. The number of pyridine rings is 1. The molecule has 1 N–H and O–H groups in total. The van der Waals surface area contributed by atoms with Crippen LogP contribution in [0.5, 0.6) is 0 Å². The second-order valence-electron chi connectivity index (χ2n) is 9.23. The van der Waals surface area contributed by atoms with Crippen molar-refractivity contribution in [3.05, 3.63) is 99.7 Å². The van der Waals surface area contributed by atoms with Crippen LogP contribution in [-0.2, 0) is 9.53 Å². The highest BCUT2D eigenvalue weighted by molar-refractivity contribution is 5.88. The van der Waals surface area contributed by atoms with Crippen molar-refractivity contribution in [2.45, 2.75) is 46.2 Å². The molecule has 2 aromatic carbocycles. The minimum Gasteiger partial charge on any atom is -0.466 e. The van der Waals surface area contributed by atoms with Gasteiger partial charge in [0.2, 0.25) is 0 Å². The molecule has 5 rings (SSSR count). The topological polar surface area (TPSA) is 81.9 Å². The summed E-state index contributed by atoms with van der Waals surface area (Å²) in [6.45, 7) is 8.27. The number of fused-ring (bicyclic) bond motifs is 2. The van der Waals surface area contributed by atoms with Crippen molar-refractivity contribution in [2.24, 2.45) is 0 Å². The number of aryl methyl sites for hydroxylation is 2. The van der Waals surface area contributed by atoms with E-state index in [4.69, 9.17) is 4.74 Å². The highest BCUT2D eigenvalue weighted by Gasteiger charge is 2.28. The van der Waals surface area contributed by atoms with Gasteiger partial charge in [0.1, 0.15) is 0 Å². The summed E-state index contributed by atoms with van der Waals surface area (Å²) in [7, 11) is 0. The molecule has 0 radical (unpaired) electrons. The Morgan fingerprint density at radius 2 is 1.86 bits per heavy atom. The number of nitrogens with zero attached hydrogens (tertiary/aromatic N) is 3. The van der Waals surface area contributed by atoms with Crippen molar-refractivity contribution in [1.82, 2.24) is 19.1 Å². The molecule has 7 nitrogen and oxygen atoms in total. The Bertz CT molecular complexity index is 1610. The van der Waals surface area contributed by atoms with Crippen molar-refractivity contribution >= 4 is 28.0 Å². The molecule has 0 spiro atoms. The number of ether oxygens (including phenoxy) is 1. The molecule has 0 bridgehead atoms. The molecular weight excluding hydrogens is 452 g/mol. The molecule has 0 aliphatic rings. The lowest BCUT2D eigenvalue weighted by Gasteiger charge is -2.18. The summed E-state index contributed by atoms with van der Waals surface area (Å²) in [4.78, 5) is 34.8. The molecule has 3 aromatic heterocycles. The van der Waals surface area contributed by atoms with Crippen molar-refractivity contribution in [1.29, 1.82) is 0 Å². The third-order valence-electron chi connectivity index (χ3n) is 6.82. The number of imidazole rings is 1. The number of hydrogen-bond donors (Lipinski definition) is 1. The first-order valence-corrected chi connectivity index (χ1v) is 12.3. The SMILES string of the molecule is CCOC(=O)C[C@H](c1ccccc1)n1c(=O)n(C(C)c2c[nH]c3cc(C)cc(C)c23)c2cccnc21. The van der Waals surface area contributed by atoms with Crippen LogP contribution in [0.1, 0.15) is 54.6 Å². The van der Waals surface area contributed by atoms with Crippen LogP contribution in [0.3, 0.4) is 0 Å². The number of aromatic nitrogens is 4. The Hall–Kier alpha value is -4.13. The average molecular weight is 483 g/mol. The van der Waals surface area contributed by atoms with E-state index in [-0.39, 0.29) is 30.7 Å². The molecular formula is C29H30N4O3. The van der Waals surface area contributed by atoms with E-state index in [1.54, 1.807) is 22.3 Å². The van der Waals surface area contributed by atoms with E-state index in [0.717, 1.165) is 33.1 Å². The van der Waals surface area contributed by atoms with Gasteiger partial charge in [-0.3, -0.25) is 13.9 Å². The number of aromatic amines is 1. The molecule has 0 amide bonds. The van der Waals surface area contributed by atoms with Crippen LogP contribution in [0.15, 0.2) is 71.8 Å². The van der Waals surface area contributed by atoms with Gasteiger partial charge in [-0.2, -0.15) is 0 Å². The second-order valence-corrected chi connectivity index (χ2v) is 9.23. The maximum absolute atomic E-state index is 14.2. The Kier molecular flexibility index (Phi) is 6.22. The van der Waals surface area contributed by atoms with E-state index < -0.39 is 6.04 Å². The van der Waals surface area contributed by atoms with Crippen LogP contribution >= 0.6 is 0 Å². The van der Waals surface area contributed by atoms with Gasteiger partial charge >= 0.3 is 11.7 Å². The molecule has 0 saturated carbocycles. The predicted octanol–water partition coefficient (Wildman–Crippen LogP) is 5.45. The smallest absolute Gasteiger partial charge is 0.331 e. The summed E-state index contributed by atoms with van der Waals surface area (Å²) in [6.07, 6.45) is 3.70. The predicted molar refractivity (Wildman–Crippen MR) is 141 cm³/mol. The highest BCUT2D eigenvalue weighted by Crippen LogP contribution is 2.32. The molecule has 0 saturated heterocycles. The third kappa shape index (κ3) is 4.00. The number of hydrogen-bond acceptors (Lipinski definition) is 4. The number of benzene rings is 2. The number of esters is 1. The van der Waals surface area contributed by atoms with Gasteiger partial charge in [-0.05, 0) is 62.6 Å². The van der Waals surface area contributed by atoms with Gasteiger partial charge in [0.15, 0.2) is 5.65 Å². The van der Waals surface area contributed by atoms with E-state index >= 15 is 0 Å². The van der Waals surface area contributed by atoms with Crippen molar-refractivity contribution < 1.29 is 9.53 Å². The Balaban J connectivity index is 1.72. The fourth-order valence-corrected chi connectivity index (χ4v) is 5.30. The number of carbonyl (C=O) groups is 1. The normalized spacial score (nSPS) is 13.2. The second kappa shape index (κ2) is 9.49. The summed E-state index contributed by atoms with van der Waals surface area (Å²) >= 11 is 0. The van der Waals surface area contributed by atoms with E-state index in [0.29, 0.717) is 5.65 Å². The summed E-state index contributed by atoms with van der Waals surface area (Å²) in [5.74, 6) is -0.356. The summed E-state index contributed by atoms with van der Waals surface area (Å²) in [5, 5.41) is 1.12. The van der Waals surface area contributed by atoms with E-state index in [2.05, 4.69) is 35.9 Å². The van der Waals surface area contributed by atoms with Gasteiger partial charge in [-0.25, -0.2) is 9.78 Å². The van der Waals surface area contributed by atoms with Crippen LogP contribution in [0.25, 0.3) is 22.1 Å². The lowest BCUT2D eigenvalue weighted by atomic mass is 10.0. The molecule has 1 unspecified atom stereocenters. The fourth-order valence-electron chi connectivity index (χ4n) is 5.30. The van der Waals surface area contributed by atoms with E-state index in [9.17, 15) is 9.59 Å². The number of carbonyl (C=O) groups excluding carboxylic acids is 1. The third-order valence-corrected chi connectivity index (χ3v) is 6.82. The number of nitrogens with one attached hydrogen (secondary N) is 1. The molecule has 0 aliphatic carbocycles. The molecule has 36 heavy (non-hydrogen) atoms. The quantitative estimate of drug-likeness (QED) is 0.313. The van der Waals surface area contributed by atoms with Gasteiger partial charge in [0.05, 0.1) is 30.6 Å². The summed E-state index contributed by atoms with van der Waals surface area (Å²) in [6, 6.07) is 16.8. The molecule has 2 atom stereocenters. The average Bonchev–Trinajstić information content (AvgIpc) is 3.41. The Morgan fingerprint density at radius 3 is 2.61 bits per heavy atom. The van der Waals surface area contributed by atoms with Gasteiger partial charge in [0.25, 0.3) is 0 Å². The lowest BCUT2D eigenvalue weighted by Crippen LogP contribution is -2.31. The monoisotopic (exact) mass is 482 g/mol. The maximum atomic E-state index is 14.2.